The van der Waals surface area contributed by atoms with E-state index in [1.165, 1.54) is 12.3 Å². The van der Waals surface area contributed by atoms with Crippen LogP contribution in [0.4, 0.5) is 13.2 Å². The Morgan fingerprint density at radius 2 is 2.00 bits per heavy atom. The second-order valence-electron chi connectivity index (χ2n) is 4.13. The predicted octanol–water partition coefficient (Wildman–Crippen LogP) is 4.30. The summed E-state index contributed by atoms with van der Waals surface area (Å²) in [5.74, 6) is 0.643. The number of benzene rings is 1. The molecule has 6 heteroatoms. The number of alkyl halides is 3. The van der Waals surface area contributed by atoms with Gasteiger partial charge in [-0.15, -0.1) is 0 Å². The van der Waals surface area contributed by atoms with Gasteiger partial charge in [-0.1, -0.05) is 22.0 Å². The molecule has 1 atom stereocenters. The van der Waals surface area contributed by atoms with Crippen LogP contribution in [0.3, 0.4) is 0 Å². The molecule has 2 nitrogen and oxygen atoms in total. The van der Waals surface area contributed by atoms with Crippen LogP contribution in [-0.4, -0.2) is 0 Å². The zero-order chi connectivity index (χ0) is 14.0. The van der Waals surface area contributed by atoms with Crippen molar-refractivity contribution in [1.29, 1.82) is 0 Å². The van der Waals surface area contributed by atoms with Gasteiger partial charge in [-0.05, 0) is 29.8 Å². The highest BCUT2D eigenvalue weighted by molar-refractivity contribution is 9.10. The van der Waals surface area contributed by atoms with E-state index in [1.807, 2.05) is 0 Å². The molecule has 0 aliphatic carbocycles. The number of furan rings is 1. The highest BCUT2D eigenvalue weighted by Crippen LogP contribution is 2.36. The maximum absolute atomic E-state index is 12.8. The number of rotatable bonds is 3. The Hall–Kier alpha value is -1.27. The lowest BCUT2D eigenvalue weighted by Crippen LogP contribution is -2.15. The van der Waals surface area contributed by atoms with Crippen molar-refractivity contribution >= 4 is 15.9 Å². The van der Waals surface area contributed by atoms with E-state index < -0.39 is 17.8 Å². The van der Waals surface area contributed by atoms with Crippen LogP contribution in [0.2, 0.25) is 0 Å². The fourth-order valence-electron chi connectivity index (χ4n) is 1.75. The maximum Gasteiger partial charge on any atom is 0.417 e. The SMILES string of the molecule is NC(Cc1ccco1)c1ccc(Br)c(C(F)(F)F)c1. The second kappa shape index (κ2) is 5.38. The Morgan fingerprint density at radius 1 is 1.26 bits per heavy atom. The van der Waals surface area contributed by atoms with Gasteiger partial charge in [-0.25, -0.2) is 0 Å². The van der Waals surface area contributed by atoms with Crippen LogP contribution in [0, 0.1) is 0 Å². The van der Waals surface area contributed by atoms with Crippen molar-refractivity contribution in [3.63, 3.8) is 0 Å². The fraction of sp³-hybridized carbons (Fsp3) is 0.231. The van der Waals surface area contributed by atoms with Crippen molar-refractivity contribution in [2.75, 3.05) is 0 Å². The summed E-state index contributed by atoms with van der Waals surface area (Å²) >= 11 is 2.90. The Morgan fingerprint density at radius 3 is 2.58 bits per heavy atom. The molecule has 0 aliphatic heterocycles. The molecule has 102 valence electrons. The molecule has 19 heavy (non-hydrogen) atoms. The Balaban J connectivity index is 2.25. The topological polar surface area (TPSA) is 39.2 Å². The minimum Gasteiger partial charge on any atom is -0.469 e. The lowest BCUT2D eigenvalue weighted by Gasteiger charge is -2.15. The van der Waals surface area contributed by atoms with Crippen LogP contribution >= 0.6 is 15.9 Å². The molecule has 1 aromatic carbocycles. The Labute approximate surface area is 116 Å². The standard InChI is InChI=1S/C13H11BrF3NO/c14-11-4-3-8(6-10(11)13(15,16)17)12(18)7-9-2-1-5-19-9/h1-6,12H,7,18H2. The molecule has 0 fully saturated rings. The Bertz CT molecular complexity index is 552. The van der Waals surface area contributed by atoms with Crippen LogP contribution in [0.1, 0.15) is 22.9 Å². The van der Waals surface area contributed by atoms with Gasteiger partial charge < -0.3 is 10.2 Å². The molecule has 1 aromatic heterocycles. The molecule has 0 aliphatic rings. The van der Waals surface area contributed by atoms with E-state index in [0.29, 0.717) is 17.7 Å². The normalized spacial score (nSPS) is 13.5. The lowest BCUT2D eigenvalue weighted by atomic mass is 10.0. The number of hydrogen-bond donors (Lipinski definition) is 1. The third kappa shape index (κ3) is 3.39. The van der Waals surface area contributed by atoms with Crippen molar-refractivity contribution in [2.45, 2.75) is 18.6 Å². The number of hydrogen-bond acceptors (Lipinski definition) is 2. The molecule has 0 saturated heterocycles. The van der Waals surface area contributed by atoms with E-state index in [9.17, 15) is 13.2 Å². The van der Waals surface area contributed by atoms with Crippen LogP contribution in [0.5, 0.6) is 0 Å². The van der Waals surface area contributed by atoms with Gasteiger partial charge in [0.15, 0.2) is 0 Å². The monoisotopic (exact) mass is 333 g/mol. The van der Waals surface area contributed by atoms with E-state index in [1.54, 1.807) is 18.2 Å². The minimum absolute atomic E-state index is 0.00829. The third-order valence-electron chi connectivity index (χ3n) is 2.73. The van der Waals surface area contributed by atoms with E-state index in [2.05, 4.69) is 15.9 Å². The summed E-state index contributed by atoms with van der Waals surface area (Å²) in [5.41, 5.74) is 5.61. The van der Waals surface area contributed by atoms with Gasteiger partial charge in [0, 0.05) is 16.9 Å². The van der Waals surface area contributed by atoms with Crippen LogP contribution in [-0.2, 0) is 12.6 Å². The van der Waals surface area contributed by atoms with Crippen LogP contribution < -0.4 is 5.73 Å². The zero-order valence-corrected chi connectivity index (χ0v) is 11.3. The molecule has 1 unspecified atom stereocenters. The molecule has 2 N–H and O–H groups in total. The van der Waals surface area contributed by atoms with Gasteiger partial charge in [0.1, 0.15) is 5.76 Å². The van der Waals surface area contributed by atoms with E-state index in [0.717, 1.165) is 6.07 Å². The largest absolute Gasteiger partial charge is 0.469 e. The van der Waals surface area contributed by atoms with Gasteiger partial charge in [-0.3, -0.25) is 0 Å². The summed E-state index contributed by atoms with van der Waals surface area (Å²) in [6.45, 7) is 0. The van der Waals surface area contributed by atoms with Gasteiger partial charge in [0.2, 0.25) is 0 Å². The highest BCUT2D eigenvalue weighted by Gasteiger charge is 2.33. The molecule has 0 radical (unpaired) electrons. The first-order valence-corrected chi connectivity index (χ1v) is 6.32. The Kier molecular flexibility index (Phi) is 4.01. The van der Waals surface area contributed by atoms with E-state index >= 15 is 0 Å². The van der Waals surface area contributed by atoms with Crippen LogP contribution in [0.25, 0.3) is 0 Å². The number of halogens is 4. The van der Waals surface area contributed by atoms with Gasteiger partial charge >= 0.3 is 6.18 Å². The molecular formula is C13H11BrF3NO. The summed E-state index contributed by atoms with van der Waals surface area (Å²) in [5, 5.41) is 0. The van der Waals surface area contributed by atoms with E-state index in [-0.39, 0.29) is 4.47 Å². The predicted molar refractivity (Wildman–Crippen MR) is 68.5 cm³/mol. The average Bonchev–Trinajstić information content (AvgIpc) is 2.80. The molecule has 0 spiro atoms. The van der Waals surface area contributed by atoms with Gasteiger partial charge in [0.05, 0.1) is 11.8 Å². The molecular weight excluding hydrogens is 323 g/mol. The summed E-state index contributed by atoms with van der Waals surface area (Å²) < 4.78 is 43.5. The molecule has 0 amide bonds. The molecule has 1 heterocycles. The summed E-state index contributed by atoms with van der Waals surface area (Å²) in [7, 11) is 0. The van der Waals surface area contributed by atoms with E-state index in [4.69, 9.17) is 10.2 Å². The van der Waals surface area contributed by atoms with Crippen molar-refractivity contribution in [3.05, 3.63) is 58.0 Å². The van der Waals surface area contributed by atoms with Crippen LogP contribution in [0.15, 0.2) is 45.5 Å². The molecule has 2 aromatic rings. The zero-order valence-electron chi connectivity index (χ0n) is 9.75. The van der Waals surface area contributed by atoms with Crippen molar-refractivity contribution in [3.8, 4) is 0 Å². The first-order valence-electron chi connectivity index (χ1n) is 5.52. The molecule has 0 saturated carbocycles. The molecule has 0 bridgehead atoms. The lowest BCUT2D eigenvalue weighted by molar-refractivity contribution is -0.138. The maximum atomic E-state index is 12.8. The quantitative estimate of drug-likeness (QED) is 0.909. The van der Waals surface area contributed by atoms with Crippen molar-refractivity contribution in [1.82, 2.24) is 0 Å². The highest BCUT2D eigenvalue weighted by atomic mass is 79.9. The second-order valence-corrected chi connectivity index (χ2v) is 4.98. The average molecular weight is 334 g/mol. The first kappa shape index (κ1) is 14.1. The minimum atomic E-state index is -4.40. The summed E-state index contributed by atoms with van der Waals surface area (Å²) in [6, 6.07) is 6.92. The van der Waals surface area contributed by atoms with Crippen molar-refractivity contribution in [2.24, 2.45) is 5.73 Å². The van der Waals surface area contributed by atoms with Gasteiger partial charge in [-0.2, -0.15) is 13.2 Å². The smallest absolute Gasteiger partial charge is 0.417 e. The summed E-state index contributed by atoms with van der Waals surface area (Å²) in [6.07, 6.45) is -2.55. The number of nitrogens with two attached hydrogens (primary N) is 1. The first-order chi connectivity index (χ1) is 8.88. The van der Waals surface area contributed by atoms with Crippen molar-refractivity contribution < 1.29 is 17.6 Å². The summed E-state index contributed by atoms with van der Waals surface area (Å²) in [4.78, 5) is 0. The third-order valence-corrected chi connectivity index (χ3v) is 3.42. The fourth-order valence-corrected chi connectivity index (χ4v) is 2.23. The molecule has 2 rings (SSSR count). The van der Waals surface area contributed by atoms with Gasteiger partial charge in [0.25, 0.3) is 0 Å².